The van der Waals surface area contributed by atoms with E-state index < -0.39 is 40.4 Å². The van der Waals surface area contributed by atoms with Crippen molar-refractivity contribution in [3.05, 3.63) is 24.0 Å². The standard InChI is InChI=1S/C24H40O6Si2/c1-22(2,3)31(7,8)28-14-16-13-17-24(15-29-32(9,10)23(4,5)6)11-12-27-20(21(24)26)19(30-17)18(16)25/h11-13,17,19-20H,14-15H2,1-10H3/t17-,19-,20+,24+/m0/s1. The van der Waals surface area contributed by atoms with E-state index >= 15 is 0 Å². The summed E-state index contributed by atoms with van der Waals surface area (Å²) in [6.07, 6.45) is 2.66. The zero-order valence-electron chi connectivity index (χ0n) is 21.3. The number of carbonyl (C=O) groups is 2. The zero-order valence-corrected chi connectivity index (χ0v) is 23.3. The highest BCUT2D eigenvalue weighted by Gasteiger charge is 2.61. The Hall–Kier alpha value is -1.07. The Morgan fingerprint density at radius 2 is 1.50 bits per heavy atom. The van der Waals surface area contributed by atoms with Crippen molar-refractivity contribution in [2.75, 3.05) is 13.2 Å². The summed E-state index contributed by atoms with van der Waals surface area (Å²) in [4.78, 5) is 26.6. The molecule has 1 saturated heterocycles. The first kappa shape index (κ1) is 25.6. The average molecular weight is 481 g/mol. The largest absolute Gasteiger partial charge is 0.487 e. The number of hydrogen-bond donors (Lipinski definition) is 0. The van der Waals surface area contributed by atoms with Gasteiger partial charge in [0.15, 0.2) is 40.4 Å². The van der Waals surface area contributed by atoms with Crippen LogP contribution in [-0.2, 0) is 27.9 Å². The summed E-state index contributed by atoms with van der Waals surface area (Å²) >= 11 is 0. The van der Waals surface area contributed by atoms with E-state index in [9.17, 15) is 9.59 Å². The van der Waals surface area contributed by atoms with Crippen LogP contribution in [0, 0.1) is 5.41 Å². The van der Waals surface area contributed by atoms with Crippen molar-refractivity contribution in [2.24, 2.45) is 5.41 Å². The second-order valence-electron chi connectivity index (χ2n) is 12.4. The van der Waals surface area contributed by atoms with Crippen LogP contribution in [0.15, 0.2) is 24.0 Å². The molecule has 0 aromatic heterocycles. The molecule has 8 heteroatoms. The fourth-order valence-corrected chi connectivity index (χ4v) is 5.58. The van der Waals surface area contributed by atoms with Crippen LogP contribution in [-0.4, -0.2) is 59.7 Å². The van der Waals surface area contributed by atoms with Gasteiger partial charge in [-0.2, -0.15) is 0 Å². The van der Waals surface area contributed by atoms with Gasteiger partial charge in [-0.3, -0.25) is 9.59 Å². The monoisotopic (exact) mass is 480 g/mol. The van der Waals surface area contributed by atoms with Gasteiger partial charge in [-0.05, 0) is 48.4 Å². The molecule has 3 heterocycles. The molecule has 0 saturated carbocycles. The van der Waals surface area contributed by atoms with Gasteiger partial charge in [0.05, 0.1) is 25.6 Å². The summed E-state index contributed by atoms with van der Waals surface area (Å²) in [5, 5.41) is 0.0494. The van der Waals surface area contributed by atoms with E-state index in [2.05, 4.69) is 67.7 Å². The Bertz CT molecular complexity index is 846. The maximum Gasteiger partial charge on any atom is 0.193 e. The molecule has 32 heavy (non-hydrogen) atoms. The molecule has 0 aromatic rings. The van der Waals surface area contributed by atoms with Gasteiger partial charge in [-0.25, -0.2) is 0 Å². The van der Waals surface area contributed by atoms with Crippen molar-refractivity contribution >= 4 is 28.2 Å². The number of Topliss-reactive ketones (excluding diaryl/α,β-unsaturated/α-hetero) is 2. The molecular weight excluding hydrogens is 440 g/mol. The van der Waals surface area contributed by atoms with Crippen LogP contribution in [0.2, 0.25) is 36.3 Å². The highest BCUT2D eigenvalue weighted by Crippen LogP contribution is 2.46. The lowest BCUT2D eigenvalue weighted by Crippen LogP contribution is -2.66. The Labute approximate surface area is 195 Å². The van der Waals surface area contributed by atoms with E-state index in [1.54, 1.807) is 18.4 Å². The molecule has 0 aliphatic carbocycles. The summed E-state index contributed by atoms with van der Waals surface area (Å²) in [5.41, 5.74) is -0.415. The number of hydrogen-bond acceptors (Lipinski definition) is 6. The Morgan fingerprint density at radius 3 is 2.06 bits per heavy atom. The zero-order chi connectivity index (χ0) is 24.3. The number of carbonyl (C=O) groups excluding carboxylic acids is 2. The molecule has 0 N–H and O–H groups in total. The molecule has 4 atom stereocenters. The molecule has 6 nitrogen and oxygen atoms in total. The lowest BCUT2D eigenvalue weighted by molar-refractivity contribution is -0.190. The van der Waals surface area contributed by atoms with Crippen molar-refractivity contribution in [1.29, 1.82) is 0 Å². The molecule has 3 aliphatic heterocycles. The van der Waals surface area contributed by atoms with Gasteiger partial charge in [0.25, 0.3) is 0 Å². The lowest BCUT2D eigenvalue weighted by Gasteiger charge is -2.50. The average Bonchev–Trinajstić information content (AvgIpc) is 2.64. The molecule has 0 aromatic carbocycles. The fourth-order valence-electron chi connectivity index (χ4n) is 3.60. The van der Waals surface area contributed by atoms with Gasteiger partial charge in [0, 0.05) is 5.57 Å². The third-order valence-corrected chi connectivity index (χ3v) is 17.1. The van der Waals surface area contributed by atoms with E-state index in [0.29, 0.717) is 5.57 Å². The molecule has 180 valence electrons. The third-order valence-electron chi connectivity index (χ3n) is 8.18. The van der Waals surface area contributed by atoms with Crippen molar-refractivity contribution in [2.45, 2.75) is 96.1 Å². The molecule has 1 fully saturated rings. The second-order valence-corrected chi connectivity index (χ2v) is 22.0. The maximum atomic E-state index is 13.5. The van der Waals surface area contributed by atoms with Gasteiger partial charge >= 0.3 is 0 Å². The SMILES string of the molecule is CC(C)(C)[Si](C)(C)OCC1=C[C@@H]2O[C@@H](C1=O)[C@H]1OC=C[C@]2(CO[Si](C)(C)C(C)(C)C)C1=O. The molecule has 0 spiro atoms. The first-order chi connectivity index (χ1) is 14.4. The summed E-state index contributed by atoms with van der Waals surface area (Å²) in [6, 6.07) is 0. The second kappa shape index (κ2) is 8.01. The summed E-state index contributed by atoms with van der Waals surface area (Å²) < 4.78 is 24.6. The van der Waals surface area contributed by atoms with Crippen LogP contribution < -0.4 is 0 Å². The first-order valence-corrected chi connectivity index (χ1v) is 17.3. The van der Waals surface area contributed by atoms with Crippen LogP contribution in [0.3, 0.4) is 0 Å². The van der Waals surface area contributed by atoms with E-state index in [0.717, 1.165) is 0 Å². The van der Waals surface area contributed by atoms with E-state index in [-0.39, 0.29) is 34.9 Å². The Balaban J connectivity index is 1.91. The van der Waals surface area contributed by atoms with Crippen LogP contribution >= 0.6 is 0 Å². The van der Waals surface area contributed by atoms with Crippen LogP contribution in [0.25, 0.3) is 0 Å². The molecule has 0 amide bonds. The van der Waals surface area contributed by atoms with Crippen LogP contribution in [0.1, 0.15) is 41.5 Å². The predicted molar refractivity (Wildman–Crippen MR) is 130 cm³/mol. The molecule has 0 unspecified atom stereocenters. The fraction of sp³-hybridized carbons (Fsp3) is 0.750. The predicted octanol–water partition coefficient (Wildman–Crippen LogP) is 4.77. The van der Waals surface area contributed by atoms with Crippen LogP contribution in [0.4, 0.5) is 0 Å². The van der Waals surface area contributed by atoms with Gasteiger partial charge in [-0.1, -0.05) is 41.5 Å². The summed E-state index contributed by atoms with van der Waals surface area (Å²) in [6.45, 7) is 22.1. The minimum absolute atomic E-state index is 0.0135. The Morgan fingerprint density at radius 1 is 0.938 bits per heavy atom. The van der Waals surface area contributed by atoms with E-state index in [1.165, 1.54) is 0 Å². The Kier molecular flexibility index (Phi) is 6.40. The third kappa shape index (κ3) is 4.24. The minimum Gasteiger partial charge on any atom is -0.487 e. The molecular formula is C24H40O6Si2. The molecule has 4 bridgehead atoms. The van der Waals surface area contributed by atoms with Gasteiger partial charge in [0.1, 0.15) is 5.41 Å². The van der Waals surface area contributed by atoms with Crippen molar-refractivity contribution in [3.63, 3.8) is 0 Å². The summed E-state index contributed by atoms with van der Waals surface area (Å²) in [7, 11) is -4.14. The van der Waals surface area contributed by atoms with Gasteiger partial charge < -0.3 is 18.3 Å². The number of rotatable bonds is 6. The lowest BCUT2D eigenvalue weighted by atomic mass is 9.69. The number of fused-ring (bicyclic) bond motifs is 6. The normalized spacial score (nSPS) is 30.8. The number of ether oxygens (including phenoxy) is 2. The smallest absolute Gasteiger partial charge is 0.193 e. The van der Waals surface area contributed by atoms with Crippen molar-refractivity contribution in [3.8, 4) is 0 Å². The van der Waals surface area contributed by atoms with Crippen molar-refractivity contribution in [1.82, 2.24) is 0 Å². The maximum absolute atomic E-state index is 13.5. The highest BCUT2D eigenvalue weighted by molar-refractivity contribution is 6.74. The minimum atomic E-state index is -2.10. The van der Waals surface area contributed by atoms with Gasteiger partial charge in [-0.15, -0.1) is 0 Å². The van der Waals surface area contributed by atoms with E-state index in [1.807, 2.05) is 0 Å². The topological polar surface area (TPSA) is 71.1 Å². The molecule has 3 aliphatic rings. The van der Waals surface area contributed by atoms with Crippen molar-refractivity contribution < 1.29 is 27.9 Å². The van der Waals surface area contributed by atoms with Crippen LogP contribution in [0.5, 0.6) is 0 Å². The first-order valence-electron chi connectivity index (χ1n) is 11.5. The number of ketones is 2. The quantitative estimate of drug-likeness (QED) is 0.510. The summed E-state index contributed by atoms with van der Waals surface area (Å²) in [5.74, 6) is -0.346. The molecule has 0 radical (unpaired) electrons. The highest BCUT2D eigenvalue weighted by atomic mass is 28.4. The van der Waals surface area contributed by atoms with Gasteiger partial charge in [0.2, 0.25) is 0 Å². The van der Waals surface area contributed by atoms with E-state index in [4.69, 9.17) is 18.3 Å². The molecule has 3 rings (SSSR count).